The van der Waals surface area contributed by atoms with E-state index in [0.717, 1.165) is 11.4 Å². The summed E-state index contributed by atoms with van der Waals surface area (Å²) >= 11 is 1.47. The summed E-state index contributed by atoms with van der Waals surface area (Å²) in [4.78, 5) is 4.94. The molecule has 0 aliphatic rings. The van der Waals surface area contributed by atoms with E-state index < -0.39 is 12.6 Å². The van der Waals surface area contributed by atoms with Crippen molar-refractivity contribution in [3.63, 3.8) is 0 Å². The molecule has 0 fully saturated rings. The first-order chi connectivity index (χ1) is 7.53. The molecule has 0 saturated carbocycles. The average Bonchev–Trinajstić information content (AvgIpc) is 2.67. The highest BCUT2D eigenvalue weighted by Gasteiger charge is 2.26. The third-order valence-corrected chi connectivity index (χ3v) is 3.09. The number of hydrogen-bond donors (Lipinski definition) is 1. The third-order valence-electron chi connectivity index (χ3n) is 2.20. The SMILES string of the molecule is CCNC(CCCC(F)(F)F)c1cncs1. The summed E-state index contributed by atoms with van der Waals surface area (Å²) < 4.78 is 36.0. The van der Waals surface area contributed by atoms with Crippen LogP contribution in [0.2, 0.25) is 0 Å². The van der Waals surface area contributed by atoms with Gasteiger partial charge in [-0.25, -0.2) is 0 Å². The predicted octanol–water partition coefficient (Wildman–Crippen LogP) is 3.53. The lowest BCUT2D eigenvalue weighted by molar-refractivity contribution is -0.135. The van der Waals surface area contributed by atoms with Crippen molar-refractivity contribution in [3.05, 3.63) is 16.6 Å². The van der Waals surface area contributed by atoms with Gasteiger partial charge >= 0.3 is 6.18 Å². The molecule has 0 aliphatic carbocycles. The molecule has 0 spiro atoms. The standard InChI is InChI=1S/C10H15F3N2S/c1-2-15-8(9-6-14-7-16-9)4-3-5-10(11,12)13/h6-8,15H,2-5H2,1H3. The van der Waals surface area contributed by atoms with Crippen LogP contribution >= 0.6 is 11.3 Å². The molecular weight excluding hydrogens is 237 g/mol. The molecule has 0 aliphatic heterocycles. The van der Waals surface area contributed by atoms with Crippen molar-refractivity contribution in [2.24, 2.45) is 0 Å². The smallest absolute Gasteiger partial charge is 0.309 e. The van der Waals surface area contributed by atoms with E-state index in [0.29, 0.717) is 6.42 Å². The number of rotatable bonds is 6. The molecule has 1 unspecified atom stereocenters. The minimum absolute atomic E-state index is 0.000139. The Morgan fingerprint density at radius 2 is 2.25 bits per heavy atom. The van der Waals surface area contributed by atoms with Crippen LogP contribution in [-0.2, 0) is 0 Å². The first-order valence-corrected chi connectivity index (χ1v) is 6.09. The molecule has 6 heteroatoms. The fourth-order valence-electron chi connectivity index (χ4n) is 1.50. The van der Waals surface area contributed by atoms with Gasteiger partial charge in [-0.3, -0.25) is 4.98 Å². The Labute approximate surface area is 96.9 Å². The highest BCUT2D eigenvalue weighted by atomic mass is 32.1. The highest BCUT2D eigenvalue weighted by molar-refractivity contribution is 7.09. The molecule has 1 atom stereocenters. The molecule has 1 aromatic heterocycles. The minimum Gasteiger partial charge on any atom is -0.309 e. The molecule has 1 aromatic rings. The normalized spacial score (nSPS) is 14.0. The second-order valence-corrected chi connectivity index (χ2v) is 4.44. The van der Waals surface area contributed by atoms with Crippen molar-refractivity contribution in [1.82, 2.24) is 10.3 Å². The molecule has 0 saturated heterocycles. The van der Waals surface area contributed by atoms with Gasteiger partial charge in [-0.1, -0.05) is 6.92 Å². The zero-order chi connectivity index (χ0) is 12.0. The summed E-state index contributed by atoms with van der Waals surface area (Å²) in [5.74, 6) is 0. The van der Waals surface area contributed by atoms with Crippen LogP contribution in [0.4, 0.5) is 13.2 Å². The zero-order valence-corrected chi connectivity index (χ0v) is 9.87. The summed E-state index contributed by atoms with van der Waals surface area (Å²) in [6.45, 7) is 2.69. The first kappa shape index (κ1) is 13.4. The number of nitrogens with zero attached hydrogens (tertiary/aromatic N) is 1. The van der Waals surface area contributed by atoms with Gasteiger partial charge in [-0.15, -0.1) is 11.3 Å². The molecule has 1 N–H and O–H groups in total. The Morgan fingerprint density at radius 1 is 1.50 bits per heavy atom. The zero-order valence-electron chi connectivity index (χ0n) is 9.05. The topological polar surface area (TPSA) is 24.9 Å². The van der Waals surface area contributed by atoms with Crippen LogP contribution in [0.25, 0.3) is 0 Å². The molecular formula is C10H15F3N2S. The van der Waals surface area contributed by atoms with Gasteiger partial charge in [-0.2, -0.15) is 13.2 Å². The lowest BCUT2D eigenvalue weighted by atomic mass is 10.1. The van der Waals surface area contributed by atoms with Gasteiger partial charge in [0.05, 0.1) is 5.51 Å². The van der Waals surface area contributed by atoms with Crippen LogP contribution in [-0.4, -0.2) is 17.7 Å². The molecule has 1 heterocycles. The second kappa shape index (κ2) is 6.20. The van der Waals surface area contributed by atoms with Gasteiger partial charge in [0, 0.05) is 23.5 Å². The lowest BCUT2D eigenvalue weighted by Crippen LogP contribution is -2.20. The van der Waals surface area contributed by atoms with Crippen molar-refractivity contribution in [3.8, 4) is 0 Å². The summed E-state index contributed by atoms with van der Waals surface area (Å²) in [6.07, 6.45) is -2.40. The van der Waals surface area contributed by atoms with Crippen LogP contribution in [0, 0.1) is 0 Å². The van der Waals surface area contributed by atoms with E-state index in [1.165, 1.54) is 11.3 Å². The van der Waals surface area contributed by atoms with Gasteiger partial charge in [0.15, 0.2) is 0 Å². The van der Waals surface area contributed by atoms with Crippen LogP contribution in [0.5, 0.6) is 0 Å². The number of nitrogens with one attached hydrogen (secondary N) is 1. The number of hydrogen-bond acceptors (Lipinski definition) is 3. The minimum atomic E-state index is -4.05. The Kier molecular flexibility index (Phi) is 5.21. The summed E-state index contributed by atoms with van der Waals surface area (Å²) in [5.41, 5.74) is 1.70. The van der Waals surface area contributed by atoms with Crippen LogP contribution in [0.15, 0.2) is 11.7 Å². The molecule has 0 radical (unpaired) electrons. The number of aromatic nitrogens is 1. The van der Waals surface area contributed by atoms with Gasteiger partial charge < -0.3 is 5.32 Å². The Bertz CT molecular complexity index is 285. The summed E-state index contributed by atoms with van der Waals surface area (Å²) in [5, 5.41) is 3.17. The number of halogens is 3. The molecule has 0 bridgehead atoms. The Hall–Kier alpha value is -0.620. The predicted molar refractivity (Wildman–Crippen MR) is 58.4 cm³/mol. The number of thiazole rings is 1. The van der Waals surface area contributed by atoms with E-state index in [2.05, 4.69) is 10.3 Å². The lowest BCUT2D eigenvalue weighted by Gasteiger charge is -2.16. The highest BCUT2D eigenvalue weighted by Crippen LogP contribution is 2.27. The quantitative estimate of drug-likeness (QED) is 0.837. The average molecular weight is 252 g/mol. The fraction of sp³-hybridized carbons (Fsp3) is 0.700. The van der Waals surface area contributed by atoms with E-state index >= 15 is 0 Å². The van der Waals surface area contributed by atoms with Crippen LogP contribution in [0.1, 0.15) is 37.1 Å². The fourth-order valence-corrected chi connectivity index (χ4v) is 2.23. The van der Waals surface area contributed by atoms with Crippen molar-refractivity contribution >= 4 is 11.3 Å². The monoisotopic (exact) mass is 252 g/mol. The van der Waals surface area contributed by atoms with E-state index in [9.17, 15) is 13.2 Å². The molecule has 0 aromatic carbocycles. The molecule has 1 rings (SSSR count). The van der Waals surface area contributed by atoms with Crippen molar-refractivity contribution in [2.45, 2.75) is 38.4 Å². The van der Waals surface area contributed by atoms with Crippen molar-refractivity contribution in [2.75, 3.05) is 6.54 Å². The molecule has 16 heavy (non-hydrogen) atoms. The maximum Gasteiger partial charge on any atom is 0.389 e. The Morgan fingerprint density at radius 3 is 2.75 bits per heavy atom. The number of alkyl halides is 3. The molecule has 0 amide bonds. The van der Waals surface area contributed by atoms with Crippen LogP contribution in [0.3, 0.4) is 0 Å². The van der Waals surface area contributed by atoms with Crippen LogP contribution < -0.4 is 5.32 Å². The van der Waals surface area contributed by atoms with Gasteiger partial charge in [0.1, 0.15) is 0 Å². The van der Waals surface area contributed by atoms with E-state index in [-0.39, 0.29) is 12.5 Å². The maximum atomic E-state index is 12.0. The third kappa shape index (κ3) is 4.94. The van der Waals surface area contributed by atoms with Crippen molar-refractivity contribution < 1.29 is 13.2 Å². The largest absolute Gasteiger partial charge is 0.389 e. The van der Waals surface area contributed by atoms with Gasteiger partial charge in [0.25, 0.3) is 0 Å². The van der Waals surface area contributed by atoms with E-state index in [1.54, 1.807) is 11.7 Å². The first-order valence-electron chi connectivity index (χ1n) is 5.21. The molecule has 2 nitrogen and oxygen atoms in total. The van der Waals surface area contributed by atoms with E-state index in [1.807, 2.05) is 6.92 Å². The van der Waals surface area contributed by atoms with Gasteiger partial charge in [0.2, 0.25) is 0 Å². The summed E-state index contributed by atoms with van der Waals surface area (Å²) in [7, 11) is 0. The van der Waals surface area contributed by atoms with E-state index in [4.69, 9.17) is 0 Å². The van der Waals surface area contributed by atoms with Crippen molar-refractivity contribution in [1.29, 1.82) is 0 Å². The maximum absolute atomic E-state index is 12.0. The second-order valence-electron chi connectivity index (χ2n) is 3.52. The molecule has 92 valence electrons. The Balaban J connectivity index is 2.41. The van der Waals surface area contributed by atoms with Gasteiger partial charge in [-0.05, 0) is 19.4 Å². The summed E-state index contributed by atoms with van der Waals surface area (Å²) in [6, 6.07) is -0.000139.